The molecule has 0 saturated carbocycles. The van der Waals surface area contributed by atoms with Crippen molar-refractivity contribution >= 4 is 17.7 Å². The summed E-state index contributed by atoms with van der Waals surface area (Å²) in [5.74, 6) is -0.0182. The Morgan fingerprint density at radius 3 is 3.00 bits per heavy atom. The number of benzene rings is 1. The van der Waals surface area contributed by atoms with Gasteiger partial charge in [0.15, 0.2) is 5.72 Å². The zero-order valence-corrected chi connectivity index (χ0v) is 14.8. The van der Waals surface area contributed by atoms with Gasteiger partial charge >= 0.3 is 0 Å². The van der Waals surface area contributed by atoms with Crippen molar-refractivity contribution in [1.29, 1.82) is 0 Å². The molecule has 0 bridgehead atoms. The molecule has 2 heterocycles. The molecule has 26 heavy (non-hydrogen) atoms. The molecule has 0 aromatic heterocycles. The maximum Gasteiger partial charge on any atom is 0.258 e. The Hall–Kier alpha value is -2.83. The number of carbonyl (C=O) groups excluding carboxylic acids is 3. The van der Waals surface area contributed by atoms with Gasteiger partial charge in [0, 0.05) is 32.4 Å². The van der Waals surface area contributed by atoms with Crippen LogP contribution in [0.4, 0.5) is 0 Å². The number of aryl methyl sites for hydroxylation is 1. The summed E-state index contributed by atoms with van der Waals surface area (Å²) in [5.41, 5.74) is 0.569. The maximum atomic E-state index is 12.5. The summed E-state index contributed by atoms with van der Waals surface area (Å²) in [7, 11) is 0. The highest BCUT2D eigenvalue weighted by Crippen LogP contribution is 2.34. The van der Waals surface area contributed by atoms with E-state index >= 15 is 0 Å². The van der Waals surface area contributed by atoms with Crippen molar-refractivity contribution in [2.75, 3.05) is 19.6 Å². The van der Waals surface area contributed by atoms with Crippen LogP contribution in [0.5, 0.6) is 5.75 Å². The van der Waals surface area contributed by atoms with Crippen LogP contribution < -0.4 is 15.4 Å². The first-order chi connectivity index (χ1) is 12.4. The number of likely N-dealkylation sites (tertiary alicyclic amines) is 1. The number of rotatable bonds is 4. The Morgan fingerprint density at radius 2 is 2.23 bits per heavy atom. The molecule has 2 aliphatic rings. The third-order valence-corrected chi connectivity index (χ3v) is 4.69. The van der Waals surface area contributed by atoms with Gasteiger partial charge in [-0.2, -0.15) is 0 Å². The zero-order valence-electron chi connectivity index (χ0n) is 14.8. The lowest BCUT2D eigenvalue weighted by molar-refractivity contribution is -0.135. The fourth-order valence-electron chi connectivity index (χ4n) is 3.26. The second-order valence-electron chi connectivity index (χ2n) is 6.71. The molecule has 0 aliphatic carbocycles. The lowest BCUT2D eigenvalue weighted by Crippen LogP contribution is -2.56. The zero-order chi connectivity index (χ0) is 18.7. The smallest absolute Gasteiger partial charge is 0.258 e. The van der Waals surface area contributed by atoms with Gasteiger partial charge in [0.1, 0.15) is 5.75 Å². The molecule has 138 valence electrons. The average molecular weight is 357 g/mol. The van der Waals surface area contributed by atoms with Gasteiger partial charge < -0.3 is 20.3 Å². The van der Waals surface area contributed by atoms with Gasteiger partial charge in [-0.25, -0.2) is 0 Å². The number of fused-ring (bicyclic) bond motifs is 1. The summed E-state index contributed by atoms with van der Waals surface area (Å²) in [6, 6.07) is 5.47. The molecular formula is C19H23N3O4. The number of hydrogen-bond donors (Lipinski definition) is 2. The summed E-state index contributed by atoms with van der Waals surface area (Å²) < 4.78 is 6.11. The van der Waals surface area contributed by atoms with E-state index in [1.54, 1.807) is 18.2 Å². The van der Waals surface area contributed by atoms with Gasteiger partial charge in [-0.05, 0) is 19.1 Å². The van der Waals surface area contributed by atoms with Gasteiger partial charge in [0.05, 0.1) is 12.1 Å². The first-order valence-electron chi connectivity index (χ1n) is 8.70. The van der Waals surface area contributed by atoms with Gasteiger partial charge in [0.25, 0.3) is 5.91 Å². The van der Waals surface area contributed by atoms with E-state index in [1.165, 1.54) is 4.90 Å². The first-order valence-corrected chi connectivity index (χ1v) is 8.70. The standard InChI is InChI=1S/C19H23N3O4/c1-3-9-20-16(23)12-22-10-8-19(7-6-17(22)24)21-18(25)14-11-13(2)4-5-15(14)26-19/h3-5,11H,1,6-10,12H2,2H3,(H,20,23)(H,21,25)/t19-/m1/s1. The lowest BCUT2D eigenvalue weighted by atomic mass is 9.99. The highest BCUT2D eigenvalue weighted by molar-refractivity contribution is 5.98. The van der Waals surface area contributed by atoms with Crippen LogP contribution in [0, 0.1) is 6.92 Å². The Balaban J connectivity index is 1.72. The molecule has 3 amide bonds. The van der Waals surface area contributed by atoms with Crippen LogP contribution in [0.15, 0.2) is 30.9 Å². The fourth-order valence-corrected chi connectivity index (χ4v) is 3.26. The van der Waals surface area contributed by atoms with Crippen LogP contribution in [0.2, 0.25) is 0 Å². The Labute approximate surface area is 152 Å². The normalized spacial score (nSPS) is 22.1. The minimum Gasteiger partial charge on any atom is -0.467 e. The second kappa shape index (κ2) is 7.19. The van der Waals surface area contributed by atoms with Crippen LogP contribution in [0.3, 0.4) is 0 Å². The number of nitrogens with one attached hydrogen (secondary N) is 2. The van der Waals surface area contributed by atoms with E-state index in [9.17, 15) is 14.4 Å². The largest absolute Gasteiger partial charge is 0.467 e. The fraction of sp³-hybridized carbons (Fsp3) is 0.421. The molecule has 1 aromatic carbocycles. The number of amides is 3. The predicted molar refractivity (Wildman–Crippen MR) is 95.6 cm³/mol. The Kier molecular flexibility index (Phi) is 4.97. The number of ether oxygens (including phenoxy) is 1. The molecular weight excluding hydrogens is 334 g/mol. The van der Waals surface area contributed by atoms with E-state index in [4.69, 9.17) is 4.74 Å². The highest BCUT2D eigenvalue weighted by Gasteiger charge is 2.42. The molecule has 0 unspecified atom stereocenters. The van der Waals surface area contributed by atoms with Gasteiger partial charge in [-0.1, -0.05) is 17.7 Å². The minimum absolute atomic E-state index is 0.00746. The second-order valence-corrected chi connectivity index (χ2v) is 6.71. The van der Waals surface area contributed by atoms with Crippen molar-refractivity contribution in [1.82, 2.24) is 15.5 Å². The van der Waals surface area contributed by atoms with Gasteiger partial charge in [-0.15, -0.1) is 6.58 Å². The van der Waals surface area contributed by atoms with Crippen LogP contribution in [-0.4, -0.2) is 48.0 Å². The van der Waals surface area contributed by atoms with Crippen molar-refractivity contribution in [3.63, 3.8) is 0 Å². The van der Waals surface area contributed by atoms with Crippen molar-refractivity contribution in [2.45, 2.75) is 31.9 Å². The monoisotopic (exact) mass is 357 g/mol. The summed E-state index contributed by atoms with van der Waals surface area (Å²) in [4.78, 5) is 38.3. The number of hydrogen-bond acceptors (Lipinski definition) is 4. The predicted octanol–water partition coefficient (Wildman–Crippen LogP) is 1.13. The van der Waals surface area contributed by atoms with Crippen molar-refractivity contribution < 1.29 is 19.1 Å². The quantitative estimate of drug-likeness (QED) is 0.791. The molecule has 7 nitrogen and oxygen atoms in total. The van der Waals surface area contributed by atoms with E-state index in [2.05, 4.69) is 17.2 Å². The summed E-state index contributed by atoms with van der Waals surface area (Å²) in [6.45, 7) is 6.15. The Morgan fingerprint density at radius 1 is 1.42 bits per heavy atom. The summed E-state index contributed by atoms with van der Waals surface area (Å²) in [6.07, 6.45) is 2.58. The average Bonchev–Trinajstić information content (AvgIpc) is 2.75. The van der Waals surface area contributed by atoms with Crippen molar-refractivity contribution in [3.05, 3.63) is 42.0 Å². The molecule has 1 spiro atoms. The third-order valence-electron chi connectivity index (χ3n) is 4.69. The first kappa shape index (κ1) is 18.0. The van der Waals surface area contributed by atoms with E-state index < -0.39 is 5.72 Å². The van der Waals surface area contributed by atoms with Crippen molar-refractivity contribution in [3.8, 4) is 5.75 Å². The lowest BCUT2D eigenvalue weighted by Gasteiger charge is -2.38. The SMILES string of the molecule is C=CCNC(=O)CN1CC[C@]2(CCC1=O)NC(=O)c1cc(C)ccc1O2. The van der Waals surface area contributed by atoms with Crippen molar-refractivity contribution in [2.24, 2.45) is 0 Å². The van der Waals surface area contributed by atoms with E-state index in [-0.39, 0.29) is 30.7 Å². The molecule has 1 aromatic rings. The molecule has 7 heteroatoms. The number of carbonyl (C=O) groups is 3. The molecule has 0 radical (unpaired) electrons. The van der Waals surface area contributed by atoms with E-state index in [0.29, 0.717) is 37.2 Å². The van der Waals surface area contributed by atoms with Crippen LogP contribution >= 0.6 is 0 Å². The topological polar surface area (TPSA) is 87.7 Å². The van der Waals surface area contributed by atoms with Gasteiger partial charge in [0.2, 0.25) is 11.8 Å². The molecule has 2 N–H and O–H groups in total. The van der Waals surface area contributed by atoms with Crippen LogP contribution in [0.1, 0.15) is 35.2 Å². The van der Waals surface area contributed by atoms with E-state index in [1.807, 2.05) is 13.0 Å². The van der Waals surface area contributed by atoms with Crippen LogP contribution in [-0.2, 0) is 9.59 Å². The molecule has 2 aliphatic heterocycles. The van der Waals surface area contributed by atoms with Gasteiger partial charge in [-0.3, -0.25) is 14.4 Å². The molecule has 3 rings (SSSR count). The molecule has 1 fully saturated rings. The minimum atomic E-state index is -0.915. The molecule has 1 saturated heterocycles. The maximum absolute atomic E-state index is 12.5. The Bertz CT molecular complexity index is 761. The summed E-state index contributed by atoms with van der Waals surface area (Å²) >= 11 is 0. The van der Waals surface area contributed by atoms with Crippen LogP contribution in [0.25, 0.3) is 0 Å². The summed E-state index contributed by atoms with van der Waals surface area (Å²) in [5, 5.41) is 5.60. The highest BCUT2D eigenvalue weighted by atomic mass is 16.5. The van der Waals surface area contributed by atoms with E-state index in [0.717, 1.165) is 5.56 Å². The number of nitrogens with zero attached hydrogens (tertiary/aromatic N) is 1. The molecule has 1 atom stereocenters. The third kappa shape index (κ3) is 3.71.